The monoisotopic (exact) mass is 189 g/mol. The largest absolute Gasteiger partial charge is 0.513 e. The summed E-state index contributed by atoms with van der Waals surface area (Å²) in [6.45, 7) is -5.16. The van der Waals surface area contributed by atoms with Crippen LogP contribution in [0.1, 0.15) is 0 Å². The van der Waals surface area contributed by atoms with Crippen molar-refractivity contribution in [2.75, 3.05) is 6.79 Å². The summed E-state index contributed by atoms with van der Waals surface area (Å²) >= 11 is 0. The average molecular weight is 189 g/mol. The number of rotatable bonds is 1. The van der Waals surface area contributed by atoms with Gasteiger partial charge in [-0.15, -0.1) is 0 Å². The summed E-state index contributed by atoms with van der Waals surface area (Å²) in [6.07, 6.45) is 0. The summed E-state index contributed by atoms with van der Waals surface area (Å²) in [5.41, 5.74) is -0.727. The van der Waals surface area contributed by atoms with E-state index in [1.807, 2.05) is 0 Å². The van der Waals surface area contributed by atoms with Crippen LogP contribution in [-0.4, -0.2) is 13.8 Å². The number of ether oxygens (including phenoxy) is 2. The van der Waals surface area contributed by atoms with E-state index < -0.39 is 12.4 Å². The second kappa shape index (κ2) is 2.58. The van der Waals surface area contributed by atoms with E-state index in [1.165, 1.54) is 12.1 Å². The SMILES string of the molecule is F[B-](F)(F)c1cccc2c1OCO2. The summed E-state index contributed by atoms with van der Waals surface area (Å²) < 4.78 is 46.7. The van der Waals surface area contributed by atoms with Gasteiger partial charge in [0, 0.05) is 0 Å². The van der Waals surface area contributed by atoms with Gasteiger partial charge in [-0.1, -0.05) is 17.6 Å². The van der Waals surface area contributed by atoms with E-state index in [1.54, 1.807) is 0 Å². The molecule has 70 valence electrons. The molecule has 0 radical (unpaired) electrons. The van der Waals surface area contributed by atoms with Crippen LogP contribution in [0.15, 0.2) is 18.2 Å². The van der Waals surface area contributed by atoms with Gasteiger partial charge in [0.2, 0.25) is 6.79 Å². The number of halogens is 3. The summed E-state index contributed by atoms with van der Waals surface area (Å²) in [6, 6.07) is 3.75. The molecule has 0 saturated heterocycles. The molecule has 1 aliphatic heterocycles. The van der Waals surface area contributed by atoms with Gasteiger partial charge in [0.15, 0.2) is 5.75 Å². The number of hydrogen-bond donors (Lipinski definition) is 0. The minimum absolute atomic E-state index is 0.140. The lowest BCUT2D eigenvalue weighted by Gasteiger charge is -2.16. The van der Waals surface area contributed by atoms with Gasteiger partial charge in [0.25, 0.3) is 0 Å². The van der Waals surface area contributed by atoms with Crippen molar-refractivity contribution in [1.82, 2.24) is 0 Å². The van der Waals surface area contributed by atoms with Crippen LogP contribution >= 0.6 is 0 Å². The Labute approximate surface area is 72.3 Å². The normalized spacial score (nSPS) is 14.7. The summed E-state index contributed by atoms with van der Waals surface area (Å²) in [4.78, 5) is 0. The van der Waals surface area contributed by atoms with Crippen LogP contribution in [0.2, 0.25) is 0 Å². The van der Waals surface area contributed by atoms with Crippen molar-refractivity contribution < 1.29 is 22.4 Å². The number of hydrogen-bond acceptors (Lipinski definition) is 2. The molecule has 2 nitrogen and oxygen atoms in total. The maximum absolute atomic E-state index is 12.4. The molecule has 0 bridgehead atoms. The second-order valence-corrected chi connectivity index (χ2v) is 2.66. The quantitative estimate of drug-likeness (QED) is 0.622. The van der Waals surface area contributed by atoms with E-state index in [4.69, 9.17) is 9.47 Å². The molecule has 1 aromatic rings. The van der Waals surface area contributed by atoms with Crippen molar-refractivity contribution in [2.45, 2.75) is 0 Å². The fourth-order valence-corrected chi connectivity index (χ4v) is 1.21. The third-order valence-electron chi connectivity index (χ3n) is 1.78. The molecule has 0 saturated carbocycles. The molecule has 1 aliphatic rings. The van der Waals surface area contributed by atoms with Gasteiger partial charge < -0.3 is 22.4 Å². The van der Waals surface area contributed by atoms with E-state index in [-0.39, 0.29) is 18.3 Å². The van der Waals surface area contributed by atoms with Crippen molar-refractivity contribution in [1.29, 1.82) is 0 Å². The molecule has 0 atom stereocenters. The highest BCUT2D eigenvalue weighted by Gasteiger charge is 2.32. The molecule has 0 aliphatic carbocycles. The highest BCUT2D eigenvalue weighted by atomic mass is 19.4. The molecule has 0 N–H and O–H groups in total. The number of benzene rings is 1. The molecule has 0 amide bonds. The molecule has 1 heterocycles. The highest BCUT2D eigenvalue weighted by Crippen LogP contribution is 2.32. The van der Waals surface area contributed by atoms with Crippen molar-refractivity contribution in [3.05, 3.63) is 18.2 Å². The first-order chi connectivity index (χ1) is 6.09. The Bertz CT molecular complexity index is 337. The van der Waals surface area contributed by atoms with Gasteiger partial charge in [0.1, 0.15) is 5.75 Å². The summed E-state index contributed by atoms with van der Waals surface area (Å²) in [5.74, 6) is -0.0216. The number of para-hydroxylation sites is 1. The van der Waals surface area contributed by atoms with Crippen LogP contribution in [0.4, 0.5) is 12.9 Å². The Morgan fingerprint density at radius 1 is 1.15 bits per heavy atom. The third kappa shape index (κ3) is 1.32. The average Bonchev–Trinajstić information content (AvgIpc) is 2.48. The van der Waals surface area contributed by atoms with Crippen LogP contribution in [0, 0.1) is 0 Å². The molecule has 1 aromatic carbocycles. The highest BCUT2D eigenvalue weighted by molar-refractivity contribution is 6.74. The Hall–Kier alpha value is -1.33. The van der Waals surface area contributed by atoms with Crippen LogP contribution in [-0.2, 0) is 0 Å². The van der Waals surface area contributed by atoms with E-state index in [9.17, 15) is 12.9 Å². The Balaban J connectivity index is 2.54. The predicted molar refractivity (Wildman–Crippen MR) is 41.3 cm³/mol. The lowest BCUT2D eigenvalue weighted by atomic mass is 9.79. The summed E-state index contributed by atoms with van der Waals surface area (Å²) in [5, 5.41) is 0. The fourth-order valence-electron chi connectivity index (χ4n) is 1.21. The van der Waals surface area contributed by atoms with Crippen LogP contribution in [0.5, 0.6) is 11.5 Å². The van der Waals surface area contributed by atoms with Crippen LogP contribution in [0.3, 0.4) is 0 Å². The minimum atomic E-state index is -5.02. The minimum Gasteiger partial charge on any atom is -0.457 e. The fraction of sp³-hybridized carbons (Fsp3) is 0.143. The van der Waals surface area contributed by atoms with E-state index in [0.29, 0.717) is 0 Å². The molecular weight excluding hydrogens is 184 g/mol. The van der Waals surface area contributed by atoms with Gasteiger partial charge in [0.05, 0.1) is 0 Å². The number of fused-ring (bicyclic) bond motifs is 1. The van der Waals surface area contributed by atoms with Crippen molar-refractivity contribution in [3.63, 3.8) is 0 Å². The second-order valence-electron chi connectivity index (χ2n) is 2.66. The standard InChI is InChI=1S/C7H5BF3O2/c9-8(10,11)5-2-1-3-6-7(5)13-4-12-6/h1-3H,4H2/q-1. The molecular formula is C7H5BF3O2-. The molecule has 2 rings (SSSR count). The maximum atomic E-state index is 12.4. The van der Waals surface area contributed by atoms with Crippen LogP contribution in [0.25, 0.3) is 0 Å². The van der Waals surface area contributed by atoms with Crippen molar-refractivity contribution >= 4 is 12.4 Å². The molecule has 6 heteroatoms. The zero-order valence-corrected chi connectivity index (χ0v) is 6.47. The van der Waals surface area contributed by atoms with Crippen LogP contribution < -0.4 is 14.9 Å². The molecule has 0 fully saturated rings. The van der Waals surface area contributed by atoms with Crippen molar-refractivity contribution in [3.8, 4) is 11.5 Å². The summed E-state index contributed by atoms with van der Waals surface area (Å²) in [7, 11) is 0. The molecule has 0 unspecified atom stereocenters. The first-order valence-corrected chi connectivity index (χ1v) is 3.67. The lowest BCUT2D eigenvalue weighted by molar-refractivity contribution is 0.174. The zero-order valence-electron chi connectivity index (χ0n) is 6.47. The topological polar surface area (TPSA) is 18.5 Å². The first kappa shape index (κ1) is 8.28. The Morgan fingerprint density at radius 3 is 2.62 bits per heavy atom. The van der Waals surface area contributed by atoms with Gasteiger partial charge in [-0.3, -0.25) is 0 Å². The smallest absolute Gasteiger partial charge is 0.457 e. The first-order valence-electron chi connectivity index (χ1n) is 3.67. The van der Waals surface area contributed by atoms with Gasteiger partial charge >= 0.3 is 6.98 Å². The maximum Gasteiger partial charge on any atom is 0.513 e. The zero-order chi connectivity index (χ0) is 9.47. The Kier molecular flexibility index (Phi) is 1.64. The Morgan fingerprint density at radius 2 is 1.92 bits per heavy atom. The van der Waals surface area contributed by atoms with Crippen molar-refractivity contribution in [2.24, 2.45) is 0 Å². The molecule has 0 spiro atoms. The van der Waals surface area contributed by atoms with E-state index in [0.717, 1.165) is 6.07 Å². The van der Waals surface area contributed by atoms with Gasteiger partial charge in [-0.25, -0.2) is 0 Å². The molecule has 0 aromatic heterocycles. The van der Waals surface area contributed by atoms with E-state index >= 15 is 0 Å². The van der Waals surface area contributed by atoms with Gasteiger partial charge in [-0.2, -0.15) is 0 Å². The van der Waals surface area contributed by atoms with E-state index in [2.05, 4.69) is 0 Å². The lowest BCUT2D eigenvalue weighted by Crippen LogP contribution is -2.34. The third-order valence-corrected chi connectivity index (χ3v) is 1.78. The predicted octanol–water partition coefficient (Wildman–Crippen LogP) is 1.47. The van der Waals surface area contributed by atoms with Gasteiger partial charge in [-0.05, 0) is 6.07 Å². The molecule has 13 heavy (non-hydrogen) atoms.